The van der Waals surface area contributed by atoms with Crippen molar-refractivity contribution >= 4 is 0 Å². The van der Waals surface area contributed by atoms with Crippen molar-refractivity contribution in [3.63, 3.8) is 0 Å². The molecule has 14 heavy (non-hydrogen) atoms. The summed E-state index contributed by atoms with van der Waals surface area (Å²) < 4.78 is 0. The maximum absolute atomic E-state index is 10.6. The van der Waals surface area contributed by atoms with Crippen molar-refractivity contribution in [1.29, 1.82) is 0 Å². The van der Waals surface area contributed by atoms with E-state index in [0.717, 1.165) is 11.8 Å². The Kier molecular flexibility index (Phi) is 1.54. The molecule has 0 saturated heterocycles. The van der Waals surface area contributed by atoms with Crippen LogP contribution < -0.4 is 5.73 Å². The third-order valence-corrected chi connectivity index (χ3v) is 5.74. The molecular weight excluding hydrogens is 174 g/mol. The van der Waals surface area contributed by atoms with E-state index in [4.69, 9.17) is 5.73 Å². The van der Waals surface area contributed by atoms with Crippen molar-refractivity contribution in [2.45, 2.75) is 50.7 Å². The van der Waals surface area contributed by atoms with Crippen LogP contribution in [0.5, 0.6) is 0 Å². The second-order valence-electron chi connectivity index (χ2n) is 6.21. The summed E-state index contributed by atoms with van der Waals surface area (Å²) in [5.74, 6) is 2.61. The quantitative estimate of drug-likeness (QED) is 0.615. The van der Waals surface area contributed by atoms with Gasteiger partial charge in [-0.25, -0.2) is 0 Å². The van der Waals surface area contributed by atoms with Crippen molar-refractivity contribution in [2.24, 2.45) is 29.4 Å². The van der Waals surface area contributed by atoms with Gasteiger partial charge in [0.2, 0.25) is 0 Å². The first-order valence-corrected chi connectivity index (χ1v) is 5.96. The first-order valence-electron chi connectivity index (χ1n) is 5.96. The maximum Gasteiger partial charge on any atom is 0.0829 e. The third kappa shape index (κ3) is 0.809. The molecule has 6 atom stereocenters. The van der Waals surface area contributed by atoms with E-state index in [2.05, 4.69) is 6.92 Å². The van der Waals surface area contributed by atoms with Gasteiger partial charge >= 0.3 is 0 Å². The zero-order chi connectivity index (χ0) is 10.1. The lowest BCUT2D eigenvalue weighted by molar-refractivity contribution is -0.210. The number of fused-ring (bicyclic) bond motifs is 2. The minimum atomic E-state index is -0.627. The fourth-order valence-electron chi connectivity index (χ4n) is 4.63. The number of aliphatic hydroxyl groups is 1. The Morgan fingerprint density at radius 1 is 1.07 bits per heavy atom. The van der Waals surface area contributed by atoms with Crippen LogP contribution in [0.2, 0.25) is 0 Å². The summed E-state index contributed by atoms with van der Waals surface area (Å²) in [4.78, 5) is 0. The average molecular weight is 195 g/mol. The Hall–Kier alpha value is -0.0800. The average Bonchev–Trinajstić information content (AvgIpc) is 2.16. The van der Waals surface area contributed by atoms with Crippen molar-refractivity contribution in [3.8, 4) is 0 Å². The highest BCUT2D eigenvalue weighted by atomic mass is 16.3. The molecular formula is C12H21NO. The van der Waals surface area contributed by atoms with Crippen LogP contribution in [0, 0.1) is 23.7 Å². The highest BCUT2D eigenvalue weighted by Gasteiger charge is 2.64. The predicted octanol–water partition coefficient (Wildman–Crippen LogP) is 1.52. The number of hydrogen-bond donors (Lipinski definition) is 2. The molecule has 0 aromatic carbocycles. The summed E-state index contributed by atoms with van der Waals surface area (Å²) in [5, 5.41) is 10.6. The van der Waals surface area contributed by atoms with Gasteiger partial charge in [0.25, 0.3) is 0 Å². The lowest BCUT2D eigenvalue weighted by Crippen LogP contribution is -2.74. The summed E-state index contributed by atoms with van der Waals surface area (Å²) in [6, 6.07) is 0. The van der Waals surface area contributed by atoms with Gasteiger partial charge in [-0.1, -0.05) is 0 Å². The molecule has 0 aromatic heterocycles. The Labute approximate surface area is 85.9 Å². The SMILES string of the molecule is CC1(N)C2CC3CCC2CC3C1(C)O. The van der Waals surface area contributed by atoms with E-state index in [9.17, 15) is 5.11 Å². The molecule has 0 radical (unpaired) electrons. The molecule has 0 spiro atoms. The van der Waals surface area contributed by atoms with E-state index in [-0.39, 0.29) is 5.54 Å². The van der Waals surface area contributed by atoms with E-state index >= 15 is 0 Å². The van der Waals surface area contributed by atoms with Crippen LogP contribution in [-0.4, -0.2) is 16.2 Å². The minimum absolute atomic E-state index is 0.350. The lowest BCUT2D eigenvalue weighted by atomic mass is 9.42. The van der Waals surface area contributed by atoms with Gasteiger partial charge in [0.1, 0.15) is 0 Å². The molecule has 5 fully saturated rings. The Balaban J connectivity index is 2.06. The zero-order valence-electron chi connectivity index (χ0n) is 9.16. The summed E-state index contributed by atoms with van der Waals surface area (Å²) in [6.07, 6.45) is 5.19. The van der Waals surface area contributed by atoms with Crippen LogP contribution in [-0.2, 0) is 0 Å². The lowest BCUT2D eigenvalue weighted by Gasteiger charge is -2.66. The van der Waals surface area contributed by atoms with Gasteiger partial charge in [-0.2, -0.15) is 0 Å². The van der Waals surface area contributed by atoms with Crippen molar-refractivity contribution in [3.05, 3.63) is 0 Å². The van der Waals surface area contributed by atoms with Crippen molar-refractivity contribution in [1.82, 2.24) is 0 Å². The van der Waals surface area contributed by atoms with Crippen LogP contribution in [0.4, 0.5) is 0 Å². The molecule has 0 heterocycles. The van der Waals surface area contributed by atoms with E-state index in [1.54, 1.807) is 0 Å². The molecule has 4 bridgehead atoms. The summed E-state index contributed by atoms with van der Waals surface area (Å²) in [7, 11) is 0. The van der Waals surface area contributed by atoms with Gasteiger partial charge in [0.05, 0.1) is 5.60 Å². The fourth-order valence-corrected chi connectivity index (χ4v) is 4.63. The summed E-state index contributed by atoms with van der Waals surface area (Å²) in [6.45, 7) is 4.04. The molecule has 2 nitrogen and oxygen atoms in total. The highest BCUT2D eigenvalue weighted by molar-refractivity contribution is 5.18. The second kappa shape index (κ2) is 2.35. The third-order valence-electron chi connectivity index (χ3n) is 5.74. The zero-order valence-corrected chi connectivity index (χ0v) is 9.16. The van der Waals surface area contributed by atoms with Crippen LogP contribution in [0.25, 0.3) is 0 Å². The standard InChI is InChI=1S/C12H21NO/c1-11(13)9-5-8-4-3-7(9)6-10(8)12(11,2)14/h7-10,14H,3-6,13H2,1-2H3. The van der Waals surface area contributed by atoms with Gasteiger partial charge < -0.3 is 10.8 Å². The second-order valence-corrected chi connectivity index (χ2v) is 6.21. The molecule has 80 valence electrons. The number of rotatable bonds is 0. The summed E-state index contributed by atoms with van der Waals surface area (Å²) in [5.41, 5.74) is 5.40. The molecule has 5 saturated carbocycles. The maximum atomic E-state index is 10.6. The molecule has 5 aliphatic carbocycles. The monoisotopic (exact) mass is 195 g/mol. The van der Waals surface area contributed by atoms with Crippen LogP contribution >= 0.6 is 0 Å². The molecule has 0 aromatic rings. The van der Waals surface area contributed by atoms with E-state index in [0.29, 0.717) is 11.8 Å². The molecule has 5 rings (SSSR count). The topological polar surface area (TPSA) is 46.2 Å². The molecule has 3 N–H and O–H groups in total. The Morgan fingerprint density at radius 2 is 1.57 bits per heavy atom. The van der Waals surface area contributed by atoms with Crippen molar-refractivity contribution < 1.29 is 5.11 Å². The van der Waals surface area contributed by atoms with Crippen molar-refractivity contribution in [2.75, 3.05) is 0 Å². The highest BCUT2D eigenvalue weighted by Crippen LogP contribution is 2.62. The van der Waals surface area contributed by atoms with Gasteiger partial charge in [-0.15, -0.1) is 0 Å². The Bertz CT molecular complexity index is 243. The first-order chi connectivity index (χ1) is 6.44. The normalized spacial score (nSPS) is 66.0. The van der Waals surface area contributed by atoms with Gasteiger partial charge in [0, 0.05) is 5.54 Å². The van der Waals surface area contributed by atoms with Gasteiger partial charge in [-0.3, -0.25) is 0 Å². The molecule has 5 aliphatic rings. The Morgan fingerprint density at radius 3 is 2.00 bits per heavy atom. The van der Waals surface area contributed by atoms with E-state index in [1.807, 2.05) is 6.92 Å². The van der Waals surface area contributed by atoms with Crippen LogP contribution in [0.1, 0.15) is 39.5 Å². The number of hydrogen-bond acceptors (Lipinski definition) is 2. The van der Waals surface area contributed by atoms with E-state index < -0.39 is 5.60 Å². The van der Waals surface area contributed by atoms with Crippen LogP contribution in [0.3, 0.4) is 0 Å². The molecule has 6 unspecified atom stereocenters. The first kappa shape index (κ1) is 9.17. The summed E-state index contributed by atoms with van der Waals surface area (Å²) >= 11 is 0. The predicted molar refractivity (Wildman–Crippen MR) is 55.6 cm³/mol. The van der Waals surface area contributed by atoms with Crippen LogP contribution in [0.15, 0.2) is 0 Å². The molecule has 2 heteroatoms. The van der Waals surface area contributed by atoms with E-state index in [1.165, 1.54) is 25.7 Å². The molecule has 0 aliphatic heterocycles. The minimum Gasteiger partial charge on any atom is -0.388 e. The largest absolute Gasteiger partial charge is 0.388 e. The number of nitrogens with two attached hydrogens (primary N) is 1. The van der Waals surface area contributed by atoms with Gasteiger partial charge in [-0.05, 0) is 63.2 Å². The molecule has 0 amide bonds. The smallest absolute Gasteiger partial charge is 0.0829 e. The van der Waals surface area contributed by atoms with Gasteiger partial charge in [0.15, 0.2) is 0 Å². The fraction of sp³-hybridized carbons (Fsp3) is 1.00.